The molecule has 2 aromatic carbocycles. The lowest BCUT2D eigenvalue weighted by molar-refractivity contribution is 0.476. The molecule has 1 heterocycles. The van der Waals surface area contributed by atoms with Gasteiger partial charge in [-0.3, -0.25) is 0 Å². The van der Waals surface area contributed by atoms with Crippen LogP contribution in [0.25, 0.3) is 11.0 Å². The molecule has 2 nitrogen and oxygen atoms in total. The Balaban J connectivity index is 2.09. The minimum Gasteiger partial charge on any atom is -0.459 e. The lowest BCUT2D eigenvalue weighted by Crippen LogP contribution is -2.18. The molecule has 1 N–H and O–H groups in total. The maximum absolute atomic E-state index is 14.2. The number of rotatable bonds is 3. The van der Waals surface area contributed by atoms with Crippen LogP contribution in [0.4, 0.5) is 4.39 Å². The maximum Gasteiger partial charge on any atom is 0.134 e. The van der Waals surface area contributed by atoms with E-state index < -0.39 is 0 Å². The standard InChI is InChI=1S/C16H12BrClFNO/c1-20-16(12-4-2-10(17)8-13(12)19)15-7-9-6-11(18)3-5-14(9)21-15/h2-8,16,20H,1H3. The van der Waals surface area contributed by atoms with Gasteiger partial charge in [-0.25, -0.2) is 4.39 Å². The Kier molecular flexibility index (Phi) is 4.02. The van der Waals surface area contributed by atoms with Gasteiger partial charge in [0, 0.05) is 20.4 Å². The number of furan rings is 1. The van der Waals surface area contributed by atoms with Gasteiger partial charge >= 0.3 is 0 Å². The summed E-state index contributed by atoms with van der Waals surface area (Å²) in [7, 11) is 1.77. The molecule has 1 aromatic heterocycles. The van der Waals surface area contributed by atoms with E-state index in [9.17, 15) is 4.39 Å². The van der Waals surface area contributed by atoms with Crippen LogP contribution in [0, 0.1) is 5.82 Å². The summed E-state index contributed by atoms with van der Waals surface area (Å²) in [6, 6.07) is 11.9. The van der Waals surface area contributed by atoms with Crippen molar-refractivity contribution < 1.29 is 8.81 Å². The third-order valence-corrected chi connectivity index (χ3v) is 4.07. The Morgan fingerprint density at radius 2 is 2.00 bits per heavy atom. The predicted octanol–water partition coefficient (Wildman–Crippen LogP) is 5.30. The van der Waals surface area contributed by atoms with Crippen LogP contribution < -0.4 is 5.32 Å². The second-order valence-corrected chi connectivity index (χ2v) is 6.07. The molecule has 0 aliphatic rings. The van der Waals surface area contributed by atoms with Crippen molar-refractivity contribution in [3.8, 4) is 0 Å². The molecule has 0 bridgehead atoms. The van der Waals surface area contributed by atoms with E-state index in [0.717, 1.165) is 11.0 Å². The highest BCUT2D eigenvalue weighted by molar-refractivity contribution is 9.10. The highest BCUT2D eigenvalue weighted by Crippen LogP contribution is 2.31. The molecule has 0 aliphatic heterocycles. The summed E-state index contributed by atoms with van der Waals surface area (Å²) in [5.41, 5.74) is 1.26. The third kappa shape index (κ3) is 2.84. The largest absolute Gasteiger partial charge is 0.459 e. The molecule has 3 rings (SSSR count). The molecule has 0 radical (unpaired) electrons. The van der Waals surface area contributed by atoms with Crippen molar-refractivity contribution in [2.45, 2.75) is 6.04 Å². The molecular formula is C16H12BrClFNO. The van der Waals surface area contributed by atoms with E-state index in [4.69, 9.17) is 16.0 Å². The highest BCUT2D eigenvalue weighted by atomic mass is 79.9. The number of benzene rings is 2. The molecular weight excluding hydrogens is 357 g/mol. The Bertz CT molecular complexity index is 802. The highest BCUT2D eigenvalue weighted by Gasteiger charge is 2.20. The zero-order valence-corrected chi connectivity index (χ0v) is 13.5. The van der Waals surface area contributed by atoms with Gasteiger partial charge in [0.2, 0.25) is 0 Å². The first-order valence-electron chi connectivity index (χ1n) is 6.39. The van der Waals surface area contributed by atoms with E-state index in [0.29, 0.717) is 20.8 Å². The molecule has 5 heteroatoms. The van der Waals surface area contributed by atoms with E-state index in [1.54, 1.807) is 19.2 Å². The third-order valence-electron chi connectivity index (χ3n) is 3.34. The average molecular weight is 369 g/mol. The first-order valence-corrected chi connectivity index (χ1v) is 7.57. The summed E-state index contributed by atoms with van der Waals surface area (Å²) in [5, 5.41) is 4.63. The van der Waals surface area contributed by atoms with E-state index in [1.807, 2.05) is 24.3 Å². The summed E-state index contributed by atoms with van der Waals surface area (Å²) in [6.45, 7) is 0. The summed E-state index contributed by atoms with van der Waals surface area (Å²) < 4.78 is 20.7. The van der Waals surface area contributed by atoms with Crippen molar-refractivity contribution in [2.75, 3.05) is 7.05 Å². The molecule has 21 heavy (non-hydrogen) atoms. The number of hydrogen-bond acceptors (Lipinski definition) is 2. The number of nitrogens with one attached hydrogen (secondary N) is 1. The van der Waals surface area contributed by atoms with Gasteiger partial charge in [-0.05, 0) is 43.4 Å². The number of fused-ring (bicyclic) bond motifs is 1. The Morgan fingerprint density at radius 3 is 2.71 bits per heavy atom. The SMILES string of the molecule is CNC(c1cc2cc(Cl)ccc2o1)c1ccc(Br)cc1F. The van der Waals surface area contributed by atoms with Crippen molar-refractivity contribution >= 4 is 38.5 Å². The van der Waals surface area contributed by atoms with Crippen molar-refractivity contribution in [3.05, 3.63) is 69.1 Å². The summed E-state index contributed by atoms with van der Waals surface area (Å²) in [6.07, 6.45) is 0. The molecule has 0 aliphatic carbocycles. The van der Waals surface area contributed by atoms with Crippen molar-refractivity contribution in [1.82, 2.24) is 5.32 Å². The van der Waals surface area contributed by atoms with Crippen LogP contribution in [0.3, 0.4) is 0 Å². The Hall–Kier alpha value is -1.36. The van der Waals surface area contributed by atoms with Gasteiger partial charge in [-0.1, -0.05) is 33.6 Å². The molecule has 0 spiro atoms. The van der Waals surface area contributed by atoms with Crippen molar-refractivity contribution in [1.29, 1.82) is 0 Å². The lowest BCUT2D eigenvalue weighted by atomic mass is 10.0. The number of halogens is 3. The van der Waals surface area contributed by atoms with Crippen molar-refractivity contribution in [3.63, 3.8) is 0 Å². The van der Waals surface area contributed by atoms with Crippen LogP contribution in [-0.2, 0) is 0 Å². The van der Waals surface area contributed by atoms with Crippen LogP contribution in [0.1, 0.15) is 17.4 Å². The smallest absolute Gasteiger partial charge is 0.134 e. The van der Waals surface area contributed by atoms with Gasteiger partial charge in [-0.2, -0.15) is 0 Å². The molecule has 0 amide bonds. The van der Waals surface area contributed by atoms with Gasteiger partial charge in [0.1, 0.15) is 17.2 Å². The fourth-order valence-corrected chi connectivity index (χ4v) is 2.88. The molecule has 108 valence electrons. The van der Waals surface area contributed by atoms with Gasteiger partial charge in [-0.15, -0.1) is 0 Å². The molecule has 0 saturated carbocycles. The number of hydrogen-bond donors (Lipinski definition) is 1. The van der Waals surface area contributed by atoms with E-state index in [1.165, 1.54) is 6.07 Å². The molecule has 3 aromatic rings. The first kappa shape index (κ1) is 14.6. The van der Waals surface area contributed by atoms with Crippen LogP contribution in [0.2, 0.25) is 5.02 Å². The van der Waals surface area contributed by atoms with Gasteiger partial charge in [0.25, 0.3) is 0 Å². The first-order chi connectivity index (χ1) is 10.1. The second kappa shape index (κ2) is 5.79. The fourth-order valence-electron chi connectivity index (χ4n) is 2.36. The van der Waals surface area contributed by atoms with Crippen LogP contribution >= 0.6 is 27.5 Å². The topological polar surface area (TPSA) is 25.2 Å². The van der Waals surface area contributed by atoms with Gasteiger partial charge < -0.3 is 9.73 Å². The quantitative estimate of drug-likeness (QED) is 0.679. The maximum atomic E-state index is 14.2. The van der Waals surface area contributed by atoms with Gasteiger partial charge in [0.05, 0.1) is 6.04 Å². The second-order valence-electron chi connectivity index (χ2n) is 4.72. The summed E-state index contributed by atoms with van der Waals surface area (Å²) in [4.78, 5) is 0. The lowest BCUT2D eigenvalue weighted by Gasteiger charge is -2.15. The molecule has 0 saturated heterocycles. The zero-order chi connectivity index (χ0) is 15.0. The summed E-state index contributed by atoms with van der Waals surface area (Å²) >= 11 is 9.24. The fraction of sp³-hybridized carbons (Fsp3) is 0.125. The monoisotopic (exact) mass is 367 g/mol. The van der Waals surface area contributed by atoms with Crippen LogP contribution in [0.5, 0.6) is 0 Å². The molecule has 1 unspecified atom stereocenters. The van der Waals surface area contributed by atoms with E-state index in [2.05, 4.69) is 21.2 Å². The predicted molar refractivity (Wildman–Crippen MR) is 86.2 cm³/mol. The molecule has 1 atom stereocenters. The zero-order valence-electron chi connectivity index (χ0n) is 11.2. The minimum atomic E-state index is -0.357. The molecule has 0 fully saturated rings. The van der Waals surface area contributed by atoms with Crippen LogP contribution in [-0.4, -0.2) is 7.05 Å². The normalized spacial score (nSPS) is 12.8. The minimum absolute atomic E-state index is 0.290. The van der Waals surface area contributed by atoms with Crippen LogP contribution in [0.15, 0.2) is 51.4 Å². The Labute approximate surface area is 135 Å². The van der Waals surface area contributed by atoms with E-state index >= 15 is 0 Å². The Morgan fingerprint density at radius 1 is 1.19 bits per heavy atom. The van der Waals surface area contributed by atoms with E-state index in [-0.39, 0.29) is 11.9 Å². The van der Waals surface area contributed by atoms with Crippen molar-refractivity contribution in [2.24, 2.45) is 0 Å². The van der Waals surface area contributed by atoms with Gasteiger partial charge in [0.15, 0.2) is 0 Å². The summed E-state index contributed by atoms with van der Waals surface area (Å²) in [5.74, 6) is 0.359. The average Bonchev–Trinajstić information content (AvgIpc) is 2.84.